The van der Waals surface area contributed by atoms with Gasteiger partial charge in [0.1, 0.15) is 0 Å². The maximum atomic E-state index is 12.4. The minimum atomic E-state index is 0.0472. The van der Waals surface area contributed by atoms with Crippen molar-refractivity contribution in [2.24, 2.45) is 5.41 Å². The highest BCUT2D eigenvalue weighted by molar-refractivity contribution is 5.87. The van der Waals surface area contributed by atoms with E-state index in [1.165, 1.54) is 0 Å². The lowest BCUT2D eigenvalue weighted by molar-refractivity contribution is -0.142. The van der Waals surface area contributed by atoms with Gasteiger partial charge in [-0.1, -0.05) is 12.1 Å². The van der Waals surface area contributed by atoms with Crippen LogP contribution in [0.1, 0.15) is 38.2 Å². The first kappa shape index (κ1) is 16.7. The van der Waals surface area contributed by atoms with Crippen LogP contribution < -0.4 is 0 Å². The van der Waals surface area contributed by atoms with E-state index < -0.39 is 0 Å². The van der Waals surface area contributed by atoms with Crippen molar-refractivity contribution in [3.63, 3.8) is 0 Å². The van der Waals surface area contributed by atoms with Crippen molar-refractivity contribution in [3.8, 4) is 0 Å². The second-order valence-corrected chi connectivity index (χ2v) is 6.97. The Kier molecular flexibility index (Phi) is 4.97. The number of carbonyl (C=O) groups is 2. The van der Waals surface area contributed by atoms with Gasteiger partial charge in [-0.15, -0.1) is 0 Å². The van der Waals surface area contributed by atoms with Gasteiger partial charge in [0, 0.05) is 50.4 Å². The van der Waals surface area contributed by atoms with Crippen LogP contribution in [0.3, 0.4) is 0 Å². The molecule has 5 nitrogen and oxygen atoms in total. The molecule has 2 aliphatic rings. The Bertz CT molecular complexity index is 629. The first-order chi connectivity index (χ1) is 11.6. The molecule has 2 amide bonds. The van der Waals surface area contributed by atoms with Gasteiger partial charge < -0.3 is 9.80 Å². The zero-order valence-corrected chi connectivity index (χ0v) is 14.3. The van der Waals surface area contributed by atoms with Crippen molar-refractivity contribution >= 4 is 11.8 Å². The van der Waals surface area contributed by atoms with Gasteiger partial charge in [0.05, 0.1) is 0 Å². The molecular weight excluding hydrogens is 302 g/mol. The van der Waals surface area contributed by atoms with E-state index >= 15 is 0 Å². The Labute approximate surface area is 143 Å². The zero-order chi connectivity index (χ0) is 17.0. The lowest BCUT2D eigenvalue weighted by Crippen LogP contribution is -2.54. The topological polar surface area (TPSA) is 53.5 Å². The molecule has 24 heavy (non-hydrogen) atoms. The van der Waals surface area contributed by atoms with Crippen LogP contribution in [0.4, 0.5) is 0 Å². The summed E-state index contributed by atoms with van der Waals surface area (Å²) in [4.78, 5) is 32.6. The Morgan fingerprint density at radius 1 is 1.38 bits per heavy atom. The van der Waals surface area contributed by atoms with Crippen molar-refractivity contribution in [1.29, 1.82) is 0 Å². The number of hydrogen-bond donors (Lipinski definition) is 0. The smallest absolute Gasteiger partial charge is 0.246 e. The fourth-order valence-electron chi connectivity index (χ4n) is 3.94. The lowest BCUT2D eigenvalue weighted by atomic mass is 9.73. The fourth-order valence-corrected chi connectivity index (χ4v) is 3.94. The van der Waals surface area contributed by atoms with Crippen molar-refractivity contribution in [1.82, 2.24) is 14.8 Å². The number of rotatable bonds is 3. The van der Waals surface area contributed by atoms with Gasteiger partial charge in [0.25, 0.3) is 0 Å². The van der Waals surface area contributed by atoms with Gasteiger partial charge in [-0.2, -0.15) is 0 Å². The molecule has 1 atom stereocenters. The van der Waals surface area contributed by atoms with Crippen molar-refractivity contribution in [2.75, 3.05) is 19.6 Å². The van der Waals surface area contributed by atoms with E-state index in [9.17, 15) is 9.59 Å². The summed E-state index contributed by atoms with van der Waals surface area (Å²) in [6, 6.07) is 3.90. The van der Waals surface area contributed by atoms with Crippen molar-refractivity contribution in [3.05, 3.63) is 42.2 Å². The molecule has 3 rings (SSSR count). The maximum Gasteiger partial charge on any atom is 0.246 e. The molecule has 1 aromatic rings. The number of likely N-dealkylation sites (tertiary alicyclic amines) is 2. The third kappa shape index (κ3) is 3.66. The highest BCUT2D eigenvalue weighted by Crippen LogP contribution is 2.39. The average Bonchev–Trinajstić information content (AvgIpc) is 2.60. The summed E-state index contributed by atoms with van der Waals surface area (Å²) in [5.41, 5.74) is 1.10. The number of pyridine rings is 1. The number of carbonyl (C=O) groups excluding carboxylic acids is 2. The number of nitrogens with zero attached hydrogens (tertiary/aromatic N) is 3. The standard InChI is InChI=1S/C19H25N3O2/c1-2-5-17(23)21-11-4-8-19(14-21)9-7-18(24)22(15-19)13-16-6-3-10-20-12-16/h2-3,5-6,10,12H,4,7-9,11,13-15H2,1H3/b5-2+/t19-/m0/s1. The molecule has 2 aliphatic heterocycles. The zero-order valence-electron chi connectivity index (χ0n) is 14.3. The van der Waals surface area contributed by atoms with E-state index in [2.05, 4.69) is 4.98 Å². The van der Waals surface area contributed by atoms with E-state index in [0.29, 0.717) is 13.0 Å². The Hall–Kier alpha value is -2.17. The third-order valence-electron chi connectivity index (χ3n) is 5.13. The van der Waals surface area contributed by atoms with E-state index in [1.54, 1.807) is 18.3 Å². The molecule has 1 aromatic heterocycles. The van der Waals surface area contributed by atoms with Crippen molar-refractivity contribution in [2.45, 2.75) is 39.2 Å². The largest absolute Gasteiger partial charge is 0.339 e. The van der Waals surface area contributed by atoms with Gasteiger partial charge >= 0.3 is 0 Å². The number of hydrogen-bond acceptors (Lipinski definition) is 3. The second kappa shape index (κ2) is 7.16. The number of amides is 2. The number of piperidine rings is 2. The molecule has 2 fully saturated rings. The van der Waals surface area contributed by atoms with Crippen LogP contribution in [-0.2, 0) is 16.1 Å². The van der Waals surface area contributed by atoms with Gasteiger partial charge in [-0.25, -0.2) is 0 Å². The predicted molar refractivity (Wildman–Crippen MR) is 91.9 cm³/mol. The van der Waals surface area contributed by atoms with Crippen LogP contribution in [0.2, 0.25) is 0 Å². The van der Waals surface area contributed by atoms with Crippen LogP contribution >= 0.6 is 0 Å². The highest BCUT2D eigenvalue weighted by atomic mass is 16.2. The van der Waals surface area contributed by atoms with Crippen LogP contribution in [0.5, 0.6) is 0 Å². The van der Waals surface area contributed by atoms with E-state index in [1.807, 2.05) is 35.1 Å². The number of aromatic nitrogens is 1. The van der Waals surface area contributed by atoms with Crippen LogP contribution in [0, 0.1) is 5.41 Å². The van der Waals surface area contributed by atoms with Gasteiger partial charge in [0.2, 0.25) is 11.8 Å². The first-order valence-electron chi connectivity index (χ1n) is 8.70. The molecule has 0 radical (unpaired) electrons. The molecule has 2 saturated heterocycles. The fraction of sp³-hybridized carbons (Fsp3) is 0.526. The molecule has 1 spiro atoms. The molecule has 0 unspecified atom stereocenters. The Balaban J connectivity index is 1.71. The van der Waals surface area contributed by atoms with Gasteiger partial charge in [0.15, 0.2) is 0 Å². The van der Waals surface area contributed by atoms with Crippen LogP contribution in [0.15, 0.2) is 36.7 Å². The summed E-state index contributed by atoms with van der Waals surface area (Å²) in [7, 11) is 0. The minimum Gasteiger partial charge on any atom is -0.339 e. The summed E-state index contributed by atoms with van der Waals surface area (Å²) < 4.78 is 0. The Morgan fingerprint density at radius 3 is 3.00 bits per heavy atom. The van der Waals surface area contributed by atoms with E-state index in [4.69, 9.17) is 0 Å². The molecule has 5 heteroatoms. The van der Waals surface area contributed by atoms with Crippen molar-refractivity contribution < 1.29 is 9.59 Å². The summed E-state index contributed by atoms with van der Waals surface area (Å²) in [6.45, 7) is 4.79. The summed E-state index contributed by atoms with van der Waals surface area (Å²) >= 11 is 0. The minimum absolute atomic E-state index is 0.0472. The number of allylic oxidation sites excluding steroid dienone is 1. The van der Waals surface area contributed by atoms with E-state index in [-0.39, 0.29) is 17.2 Å². The van der Waals surface area contributed by atoms with Gasteiger partial charge in [-0.05, 0) is 43.9 Å². The molecule has 0 N–H and O–H groups in total. The SMILES string of the molecule is C/C=C/C(=O)N1CCC[C@]2(CCC(=O)N(Cc3cccnc3)C2)C1. The Morgan fingerprint density at radius 2 is 2.25 bits per heavy atom. The maximum absolute atomic E-state index is 12.4. The summed E-state index contributed by atoms with van der Waals surface area (Å²) in [5.74, 6) is 0.300. The molecule has 0 aromatic carbocycles. The molecule has 0 saturated carbocycles. The molecule has 0 bridgehead atoms. The highest BCUT2D eigenvalue weighted by Gasteiger charge is 2.42. The predicted octanol–water partition coefficient (Wildman–Crippen LogP) is 2.39. The molecule has 3 heterocycles. The average molecular weight is 327 g/mol. The van der Waals surface area contributed by atoms with Crippen LogP contribution in [-0.4, -0.2) is 46.2 Å². The molecule has 128 valence electrons. The third-order valence-corrected chi connectivity index (χ3v) is 5.13. The van der Waals surface area contributed by atoms with Crippen LogP contribution in [0.25, 0.3) is 0 Å². The molecule has 0 aliphatic carbocycles. The molecular formula is C19H25N3O2. The monoisotopic (exact) mass is 327 g/mol. The van der Waals surface area contributed by atoms with Gasteiger partial charge in [-0.3, -0.25) is 14.6 Å². The normalized spacial score (nSPS) is 24.8. The lowest BCUT2D eigenvalue weighted by Gasteiger charge is -2.48. The first-order valence-corrected chi connectivity index (χ1v) is 8.70. The summed E-state index contributed by atoms with van der Waals surface area (Å²) in [6.07, 6.45) is 10.6. The quantitative estimate of drug-likeness (QED) is 0.801. The van der Waals surface area contributed by atoms with E-state index in [0.717, 1.165) is 44.5 Å². The second-order valence-electron chi connectivity index (χ2n) is 6.97. The summed E-state index contributed by atoms with van der Waals surface area (Å²) in [5, 5.41) is 0.